The molecule has 0 radical (unpaired) electrons. The Balaban J connectivity index is 1.73. The number of nitrogens with one attached hydrogen (secondary N) is 2. The van der Waals surface area contributed by atoms with Crippen LogP contribution in [0, 0.1) is 0 Å². The number of nitrogens with two attached hydrogens (primary N) is 1. The zero-order valence-corrected chi connectivity index (χ0v) is 16.3. The number of thiazole rings is 1. The number of methoxy groups -OCH3 is 3. The molecule has 0 saturated carbocycles. The van der Waals surface area contributed by atoms with Gasteiger partial charge in [-0.15, -0.1) is 0 Å². The van der Waals surface area contributed by atoms with Crippen molar-refractivity contribution in [2.24, 2.45) is 10.7 Å². The molecule has 3 aromatic rings. The summed E-state index contributed by atoms with van der Waals surface area (Å²) >= 11 is 1.41. The molecule has 0 aliphatic heterocycles. The zero-order valence-electron chi connectivity index (χ0n) is 15.5. The van der Waals surface area contributed by atoms with Crippen LogP contribution >= 0.6 is 11.3 Å². The van der Waals surface area contributed by atoms with Gasteiger partial charge in [-0.25, -0.2) is 9.78 Å². The Morgan fingerprint density at radius 2 is 1.75 bits per heavy atom. The number of aromatic nitrogens is 1. The fraction of sp³-hybridized carbons (Fsp3) is 0.167. The van der Waals surface area contributed by atoms with E-state index < -0.39 is 6.03 Å². The molecule has 28 heavy (non-hydrogen) atoms. The summed E-state index contributed by atoms with van der Waals surface area (Å²) in [5.41, 5.74) is 7.07. The number of hydrogen-bond donors (Lipinski definition) is 3. The topological polar surface area (TPSA) is 120 Å². The Labute approximate surface area is 165 Å². The van der Waals surface area contributed by atoms with E-state index in [0.29, 0.717) is 28.1 Å². The largest absolute Gasteiger partial charge is 0.493 e. The van der Waals surface area contributed by atoms with Crippen LogP contribution in [0.3, 0.4) is 0 Å². The molecule has 2 amide bonds. The van der Waals surface area contributed by atoms with E-state index in [2.05, 4.69) is 20.6 Å². The molecule has 3 rings (SSSR count). The monoisotopic (exact) mass is 401 g/mol. The minimum Gasteiger partial charge on any atom is -0.493 e. The molecular formula is C18H19N5O4S. The highest BCUT2D eigenvalue weighted by atomic mass is 32.1. The molecule has 0 aliphatic carbocycles. The molecule has 0 saturated heterocycles. The Bertz CT molecular complexity index is 976. The number of amides is 2. The van der Waals surface area contributed by atoms with Crippen LogP contribution in [0.4, 0.5) is 15.6 Å². The van der Waals surface area contributed by atoms with Gasteiger partial charge in [0, 0.05) is 12.1 Å². The lowest BCUT2D eigenvalue weighted by molar-refractivity contribution is 0.259. The van der Waals surface area contributed by atoms with Crippen LogP contribution in [0.2, 0.25) is 0 Å². The van der Waals surface area contributed by atoms with Crippen molar-refractivity contribution in [3.05, 3.63) is 36.4 Å². The molecule has 0 unspecified atom stereocenters. The molecule has 4 N–H and O–H groups in total. The summed E-state index contributed by atoms with van der Waals surface area (Å²) in [5.74, 6) is 1.15. The number of anilines is 2. The van der Waals surface area contributed by atoms with E-state index in [1.165, 1.54) is 32.7 Å². The third kappa shape index (κ3) is 4.23. The van der Waals surface area contributed by atoms with Gasteiger partial charge < -0.3 is 30.6 Å². The van der Waals surface area contributed by atoms with Crippen molar-refractivity contribution in [1.82, 2.24) is 4.98 Å². The summed E-state index contributed by atoms with van der Waals surface area (Å²) in [6.45, 7) is 0. The number of nitrogens with zero attached hydrogens (tertiary/aromatic N) is 2. The number of para-hydroxylation sites is 1. The van der Waals surface area contributed by atoms with Crippen molar-refractivity contribution in [3.63, 3.8) is 0 Å². The third-order valence-electron chi connectivity index (χ3n) is 3.67. The number of aliphatic imine (C=N–C) groups is 1. The van der Waals surface area contributed by atoms with Gasteiger partial charge in [0.1, 0.15) is 0 Å². The van der Waals surface area contributed by atoms with Crippen LogP contribution in [-0.2, 0) is 0 Å². The van der Waals surface area contributed by atoms with Crippen molar-refractivity contribution in [2.75, 3.05) is 32.0 Å². The molecule has 1 heterocycles. The minimum atomic E-state index is -0.666. The van der Waals surface area contributed by atoms with Gasteiger partial charge in [-0.1, -0.05) is 23.5 Å². The first-order valence-electron chi connectivity index (χ1n) is 8.11. The molecule has 9 nitrogen and oxygen atoms in total. The highest BCUT2D eigenvalue weighted by Gasteiger charge is 2.14. The second kappa shape index (κ2) is 8.44. The van der Waals surface area contributed by atoms with E-state index in [0.717, 1.165) is 10.2 Å². The third-order valence-corrected chi connectivity index (χ3v) is 4.62. The summed E-state index contributed by atoms with van der Waals surface area (Å²) in [5, 5.41) is 5.97. The first-order valence-corrected chi connectivity index (χ1v) is 8.93. The van der Waals surface area contributed by atoms with Gasteiger partial charge >= 0.3 is 6.03 Å². The quantitative estimate of drug-likeness (QED) is 0.443. The number of urea groups is 1. The Kier molecular flexibility index (Phi) is 5.80. The molecule has 146 valence electrons. The number of fused-ring (bicyclic) bond motifs is 1. The number of hydrogen-bond acceptors (Lipinski definition) is 6. The molecule has 10 heteroatoms. The van der Waals surface area contributed by atoms with Crippen molar-refractivity contribution >= 4 is 44.4 Å². The van der Waals surface area contributed by atoms with Gasteiger partial charge in [-0.2, -0.15) is 4.99 Å². The van der Waals surface area contributed by atoms with Crippen molar-refractivity contribution in [2.45, 2.75) is 0 Å². The van der Waals surface area contributed by atoms with E-state index in [1.54, 1.807) is 12.1 Å². The van der Waals surface area contributed by atoms with Gasteiger partial charge in [-0.05, 0) is 12.1 Å². The lowest BCUT2D eigenvalue weighted by atomic mass is 10.2. The van der Waals surface area contributed by atoms with E-state index in [9.17, 15) is 4.79 Å². The highest BCUT2D eigenvalue weighted by molar-refractivity contribution is 7.22. The lowest BCUT2D eigenvalue weighted by Gasteiger charge is -2.14. The number of carbonyl (C=O) groups excluding carboxylic acids is 1. The van der Waals surface area contributed by atoms with E-state index in [1.807, 2.05) is 24.3 Å². The van der Waals surface area contributed by atoms with Gasteiger partial charge in [0.05, 0.1) is 37.2 Å². The summed E-state index contributed by atoms with van der Waals surface area (Å²) in [6, 6.07) is 10.2. The lowest BCUT2D eigenvalue weighted by Crippen LogP contribution is -2.25. The van der Waals surface area contributed by atoms with Gasteiger partial charge in [-0.3, -0.25) is 0 Å². The standard InChI is InChI=1S/C18H19N5O4S/c1-25-12-8-10(9-13(26-2)15(12)27-3)20-17(24)22-16(19)23-18-21-11-6-4-5-7-14(11)28-18/h4-9H,1-3H3,(H4,19,20,21,22,23,24). The first-order chi connectivity index (χ1) is 13.5. The zero-order chi connectivity index (χ0) is 20.1. The second-order valence-electron chi connectivity index (χ2n) is 5.45. The molecule has 0 aliphatic rings. The first kappa shape index (κ1) is 19.2. The second-order valence-corrected chi connectivity index (χ2v) is 6.48. The molecular weight excluding hydrogens is 382 g/mol. The fourth-order valence-corrected chi connectivity index (χ4v) is 3.35. The van der Waals surface area contributed by atoms with Crippen LogP contribution in [-0.4, -0.2) is 38.3 Å². The van der Waals surface area contributed by atoms with Gasteiger partial charge in [0.15, 0.2) is 16.6 Å². The molecule has 2 aromatic carbocycles. The summed E-state index contributed by atoms with van der Waals surface area (Å²) in [6.07, 6.45) is 0. The average molecular weight is 401 g/mol. The maximum Gasteiger partial charge on any atom is 0.348 e. The summed E-state index contributed by atoms with van der Waals surface area (Å²) in [7, 11) is 4.47. The van der Waals surface area contributed by atoms with Crippen LogP contribution < -0.4 is 30.6 Å². The van der Waals surface area contributed by atoms with E-state index in [4.69, 9.17) is 19.9 Å². The molecule has 0 bridgehead atoms. The van der Waals surface area contributed by atoms with Crippen LogP contribution in [0.1, 0.15) is 0 Å². The molecule has 0 fully saturated rings. The molecule has 0 atom stereocenters. The number of carbonyl (C=O) groups is 1. The Hall–Kier alpha value is -3.53. The Morgan fingerprint density at radius 3 is 2.36 bits per heavy atom. The molecule has 1 aromatic heterocycles. The van der Waals surface area contributed by atoms with E-state index >= 15 is 0 Å². The van der Waals surface area contributed by atoms with Crippen molar-refractivity contribution in [3.8, 4) is 17.2 Å². The van der Waals surface area contributed by atoms with E-state index in [-0.39, 0.29) is 5.96 Å². The average Bonchev–Trinajstić information content (AvgIpc) is 3.08. The predicted molar refractivity (Wildman–Crippen MR) is 110 cm³/mol. The van der Waals surface area contributed by atoms with Crippen LogP contribution in [0.5, 0.6) is 17.2 Å². The fourth-order valence-electron chi connectivity index (χ4n) is 2.48. The number of rotatable bonds is 5. The number of guanidine groups is 1. The minimum absolute atomic E-state index is 0.0796. The smallest absolute Gasteiger partial charge is 0.348 e. The van der Waals surface area contributed by atoms with Crippen molar-refractivity contribution in [1.29, 1.82) is 0 Å². The highest BCUT2D eigenvalue weighted by Crippen LogP contribution is 2.39. The summed E-state index contributed by atoms with van der Waals surface area (Å²) in [4.78, 5) is 20.3. The van der Waals surface area contributed by atoms with Crippen molar-refractivity contribution < 1.29 is 19.0 Å². The van der Waals surface area contributed by atoms with Gasteiger partial charge in [0.25, 0.3) is 0 Å². The van der Waals surface area contributed by atoms with Crippen LogP contribution in [0.15, 0.2) is 41.4 Å². The number of ether oxygens (including phenoxy) is 3. The predicted octanol–water partition coefficient (Wildman–Crippen LogP) is 3.28. The molecule has 0 spiro atoms. The maximum atomic E-state index is 12.2. The summed E-state index contributed by atoms with van der Waals surface area (Å²) < 4.78 is 16.8. The maximum absolute atomic E-state index is 12.2. The SMILES string of the molecule is COc1cc(NC(=O)N=C(N)Nc2nc3ccccc3s2)cc(OC)c1OC. The Morgan fingerprint density at radius 1 is 1.07 bits per heavy atom. The van der Waals surface area contributed by atoms with Gasteiger partial charge in [0.2, 0.25) is 11.7 Å². The number of benzene rings is 2. The normalized spacial score (nSPS) is 11.2. The van der Waals surface area contributed by atoms with Crippen LogP contribution in [0.25, 0.3) is 10.2 Å².